The lowest BCUT2D eigenvalue weighted by Gasteiger charge is -1.59. The molecule has 0 aliphatic carbocycles. The summed E-state index contributed by atoms with van der Waals surface area (Å²) in [6.45, 7) is 1.68. The summed E-state index contributed by atoms with van der Waals surface area (Å²) in [5.74, 6) is 0.495. The van der Waals surface area contributed by atoms with Crippen LogP contribution in [0, 0.1) is 6.92 Å². The lowest BCUT2D eigenvalue weighted by Crippen LogP contribution is -1.66. The van der Waals surface area contributed by atoms with E-state index in [1.165, 1.54) is 0 Å². The van der Waals surface area contributed by atoms with Gasteiger partial charge >= 0.3 is 0 Å². The topological polar surface area (TPSA) is 51.8 Å². The van der Waals surface area contributed by atoms with E-state index in [2.05, 4.69) is 20.1 Å². The van der Waals surface area contributed by atoms with Gasteiger partial charge in [0.05, 0.1) is 5.27 Å². The monoisotopic (exact) mass is 85.0 g/mol. The SMILES string of the molecule is Cc1nnno1. The van der Waals surface area contributed by atoms with E-state index < -0.39 is 0 Å². The summed E-state index contributed by atoms with van der Waals surface area (Å²) < 4.78 is 4.36. The molecule has 0 aliphatic heterocycles. The average molecular weight is 85.1 g/mol. The number of hydrogen-bond donors (Lipinski definition) is 0. The molecule has 32 valence electrons. The Morgan fingerprint density at radius 2 is 2.50 bits per heavy atom. The summed E-state index contributed by atoms with van der Waals surface area (Å²) in [5.41, 5.74) is 0. The zero-order chi connectivity index (χ0) is 4.41. The molecule has 0 aromatic carbocycles. The highest BCUT2D eigenvalue weighted by molar-refractivity contribution is 4.55. The molecule has 1 heterocycles. The van der Waals surface area contributed by atoms with Crippen molar-refractivity contribution in [1.82, 2.24) is 15.6 Å². The van der Waals surface area contributed by atoms with Crippen LogP contribution in [-0.2, 0) is 0 Å². The number of aryl methyl sites for hydroxylation is 1. The average Bonchev–Trinajstić information content (AvgIpc) is 1.86. The highest BCUT2D eigenvalue weighted by Crippen LogP contribution is 1.77. The van der Waals surface area contributed by atoms with Crippen molar-refractivity contribution in [2.24, 2.45) is 0 Å². The van der Waals surface area contributed by atoms with Crippen LogP contribution in [0.4, 0.5) is 0 Å². The molecule has 4 nitrogen and oxygen atoms in total. The molecule has 0 atom stereocenters. The number of nitrogens with zero attached hydrogens (tertiary/aromatic N) is 3. The van der Waals surface area contributed by atoms with Crippen LogP contribution in [0.1, 0.15) is 5.89 Å². The molecule has 0 bridgehead atoms. The molecule has 1 aromatic heterocycles. The predicted molar refractivity (Wildman–Crippen MR) is 16.8 cm³/mol. The van der Waals surface area contributed by atoms with Crippen molar-refractivity contribution < 1.29 is 4.52 Å². The third kappa shape index (κ3) is 0.357. The van der Waals surface area contributed by atoms with Crippen LogP contribution in [0.5, 0.6) is 0 Å². The van der Waals surface area contributed by atoms with E-state index in [4.69, 9.17) is 0 Å². The molecule has 1 rings (SSSR count). The van der Waals surface area contributed by atoms with Gasteiger partial charge in [0, 0.05) is 6.92 Å². The Hall–Kier alpha value is -0.930. The second-order valence-electron chi connectivity index (χ2n) is 0.881. The van der Waals surface area contributed by atoms with Crippen molar-refractivity contribution in [2.75, 3.05) is 0 Å². The Morgan fingerprint density at radius 3 is 2.67 bits per heavy atom. The first kappa shape index (κ1) is 3.27. The van der Waals surface area contributed by atoms with E-state index in [0.29, 0.717) is 5.89 Å². The van der Waals surface area contributed by atoms with E-state index in [9.17, 15) is 0 Å². The number of aromatic nitrogens is 3. The molecular weight excluding hydrogens is 82.0 g/mol. The highest BCUT2D eigenvalue weighted by Gasteiger charge is 1.81. The van der Waals surface area contributed by atoms with Crippen LogP contribution in [0.2, 0.25) is 0 Å². The molecule has 4 heteroatoms. The molecule has 0 N–H and O–H groups in total. The Morgan fingerprint density at radius 1 is 1.67 bits per heavy atom. The van der Waals surface area contributed by atoms with Crippen LogP contribution in [0.25, 0.3) is 0 Å². The van der Waals surface area contributed by atoms with Crippen molar-refractivity contribution >= 4 is 0 Å². The predicted octanol–water partition coefficient (Wildman–Crippen LogP) is -0.227. The highest BCUT2D eigenvalue weighted by atomic mass is 16.5. The van der Waals surface area contributed by atoms with E-state index in [1.54, 1.807) is 6.92 Å². The molecule has 1 aromatic rings. The van der Waals surface area contributed by atoms with Crippen LogP contribution in [0.15, 0.2) is 4.52 Å². The van der Waals surface area contributed by atoms with Gasteiger partial charge in [-0.15, -0.1) is 0 Å². The van der Waals surface area contributed by atoms with Gasteiger partial charge in [-0.2, -0.15) is 0 Å². The molecule has 0 radical (unpaired) electrons. The zero-order valence-electron chi connectivity index (χ0n) is 3.25. The van der Waals surface area contributed by atoms with E-state index in [-0.39, 0.29) is 0 Å². The first-order valence-corrected chi connectivity index (χ1v) is 1.51. The van der Waals surface area contributed by atoms with Crippen molar-refractivity contribution in [1.29, 1.82) is 0 Å². The Labute approximate surface area is 34.1 Å². The van der Waals surface area contributed by atoms with Crippen LogP contribution in [0.3, 0.4) is 0 Å². The number of rotatable bonds is 0. The first-order valence-electron chi connectivity index (χ1n) is 1.51. The zero-order valence-corrected chi connectivity index (χ0v) is 3.25. The van der Waals surface area contributed by atoms with Gasteiger partial charge in [-0.25, -0.2) is 0 Å². The second-order valence-corrected chi connectivity index (χ2v) is 0.881. The molecule has 6 heavy (non-hydrogen) atoms. The van der Waals surface area contributed by atoms with Gasteiger partial charge in [0.15, 0.2) is 0 Å². The van der Waals surface area contributed by atoms with E-state index in [1.807, 2.05) is 0 Å². The van der Waals surface area contributed by atoms with Gasteiger partial charge < -0.3 is 4.52 Å². The van der Waals surface area contributed by atoms with Crippen molar-refractivity contribution in [2.45, 2.75) is 6.92 Å². The van der Waals surface area contributed by atoms with Gasteiger partial charge in [-0.3, -0.25) is 0 Å². The van der Waals surface area contributed by atoms with Gasteiger partial charge in [0.2, 0.25) is 5.89 Å². The fourth-order valence-corrected chi connectivity index (χ4v) is 0.177. The first-order chi connectivity index (χ1) is 2.89. The minimum absolute atomic E-state index is 0.495. The van der Waals surface area contributed by atoms with Crippen LogP contribution >= 0.6 is 0 Å². The Balaban J connectivity index is 3.05. The Kier molecular flexibility index (Phi) is 0.567. The van der Waals surface area contributed by atoms with Gasteiger partial charge in [-0.1, -0.05) is 5.10 Å². The molecular formula is C2H3N3O. The second kappa shape index (κ2) is 1.04. The summed E-state index contributed by atoms with van der Waals surface area (Å²) >= 11 is 0. The van der Waals surface area contributed by atoms with Gasteiger partial charge in [0.1, 0.15) is 0 Å². The van der Waals surface area contributed by atoms with Crippen molar-refractivity contribution in [3.8, 4) is 0 Å². The minimum atomic E-state index is 0.495. The largest absolute Gasteiger partial charge is 0.321 e. The molecule has 0 aliphatic rings. The normalized spacial score (nSPS) is 8.83. The molecule has 0 saturated carbocycles. The summed E-state index contributed by atoms with van der Waals surface area (Å²) in [4.78, 5) is 0. The molecule has 0 saturated heterocycles. The molecule has 0 amide bonds. The maximum atomic E-state index is 4.36. The maximum Gasteiger partial charge on any atom is 0.245 e. The molecule has 0 spiro atoms. The number of hydrogen-bond acceptors (Lipinski definition) is 4. The van der Waals surface area contributed by atoms with Crippen molar-refractivity contribution in [3.05, 3.63) is 5.89 Å². The van der Waals surface area contributed by atoms with Gasteiger partial charge in [-0.05, 0) is 5.21 Å². The fourth-order valence-electron chi connectivity index (χ4n) is 0.177. The quantitative estimate of drug-likeness (QED) is 0.436. The van der Waals surface area contributed by atoms with E-state index in [0.717, 1.165) is 0 Å². The fraction of sp³-hybridized carbons (Fsp3) is 0.500. The minimum Gasteiger partial charge on any atom is -0.321 e. The lowest BCUT2D eigenvalue weighted by molar-refractivity contribution is 0.373. The Bertz CT molecular complexity index is 112. The van der Waals surface area contributed by atoms with Gasteiger partial charge in [0.25, 0.3) is 0 Å². The third-order valence-electron chi connectivity index (χ3n) is 0.395. The van der Waals surface area contributed by atoms with Crippen LogP contribution in [-0.4, -0.2) is 15.6 Å². The third-order valence-corrected chi connectivity index (χ3v) is 0.395. The maximum absolute atomic E-state index is 4.36. The van der Waals surface area contributed by atoms with E-state index >= 15 is 0 Å². The summed E-state index contributed by atoms with van der Waals surface area (Å²) in [7, 11) is 0. The molecule has 0 fully saturated rings. The smallest absolute Gasteiger partial charge is 0.245 e. The van der Waals surface area contributed by atoms with Crippen molar-refractivity contribution in [3.63, 3.8) is 0 Å². The standard InChI is InChI=1S/C2H3N3O/c1-2-3-4-5-6-2/h1H3. The van der Waals surface area contributed by atoms with Crippen LogP contribution < -0.4 is 0 Å². The lowest BCUT2D eigenvalue weighted by atomic mass is 10.8. The summed E-state index contributed by atoms with van der Waals surface area (Å²) in [6, 6.07) is 0. The molecule has 0 unspecified atom stereocenters. The summed E-state index contributed by atoms with van der Waals surface area (Å²) in [5, 5.41) is 9.63. The summed E-state index contributed by atoms with van der Waals surface area (Å²) in [6.07, 6.45) is 0.